The molecule has 0 aliphatic carbocycles. The number of halogens is 2. The molecule has 3 heterocycles. The number of hydrogen-bond donors (Lipinski definition) is 1. The fraction of sp³-hybridized carbons (Fsp3) is 0.143. The van der Waals surface area contributed by atoms with Crippen LogP contribution in [0.1, 0.15) is 32.0 Å². The van der Waals surface area contributed by atoms with Crippen molar-refractivity contribution in [1.29, 1.82) is 0 Å². The van der Waals surface area contributed by atoms with Gasteiger partial charge in [-0.15, -0.1) is 11.3 Å². The molecule has 1 aliphatic heterocycles. The molecule has 1 amide bonds. The minimum absolute atomic E-state index is 0.193. The number of aliphatic hydroxyl groups is 1. The van der Waals surface area contributed by atoms with E-state index in [1.165, 1.54) is 12.4 Å². The molecule has 0 radical (unpaired) electrons. The van der Waals surface area contributed by atoms with E-state index in [-0.39, 0.29) is 16.1 Å². The Balaban J connectivity index is 1.91. The Morgan fingerprint density at radius 2 is 1.87 bits per heavy atom. The number of anilines is 1. The highest BCUT2D eigenvalue weighted by Gasteiger charge is 2.46. The fourth-order valence-electron chi connectivity index (χ4n) is 3.49. The maximum Gasteiger partial charge on any atom is 0.294 e. The molecule has 0 spiro atoms. The summed E-state index contributed by atoms with van der Waals surface area (Å²) in [6.07, 6.45) is 2.91. The van der Waals surface area contributed by atoms with Crippen molar-refractivity contribution in [2.75, 3.05) is 4.90 Å². The van der Waals surface area contributed by atoms with Gasteiger partial charge in [0.2, 0.25) is 5.78 Å². The van der Waals surface area contributed by atoms with E-state index >= 15 is 0 Å². The van der Waals surface area contributed by atoms with Gasteiger partial charge >= 0.3 is 0 Å². The van der Waals surface area contributed by atoms with E-state index in [2.05, 4.69) is 9.97 Å². The lowest BCUT2D eigenvalue weighted by Crippen LogP contribution is -2.31. The molecule has 1 N–H and O–H groups in total. The number of rotatable bonds is 4. The molecule has 0 fully saturated rings. The predicted octanol–water partition coefficient (Wildman–Crippen LogP) is 4.22. The number of pyridine rings is 1. The second-order valence-corrected chi connectivity index (χ2v) is 7.90. The number of carbonyl (C=O) groups excluding carboxylic acids is 2. The molecule has 1 aromatic carbocycles. The predicted molar refractivity (Wildman–Crippen MR) is 106 cm³/mol. The Morgan fingerprint density at radius 1 is 1.17 bits per heavy atom. The Morgan fingerprint density at radius 3 is 2.47 bits per heavy atom. The van der Waals surface area contributed by atoms with Crippen LogP contribution in [-0.4, -0.2) is 26.8 Å². The summed E-state index contributed by atoms with van der Waals surface area (Å²) in [6.45, 7) is 3.40. The van der Waals surface area contributed by atoms with E-state index in [4.69, 9.17) is 0 Å². The number of hydrogen-bond acceptors (Lipinski definition) is 6. The standard InChI is InChI=1S/C21H15F2N3O3S/c1-10-20(30-11(2)25-10)18(27)16-17(12-5-7-24-8-6-12)26(21(29)19(16)28)15-4-3-13(22)9-14(15)23/h3-9,17,28H,1-2H3. The number of aliphatic hydroxyl groups excluding tert-OH is 1. The number of thiazole rings is 1. The highest BCUT2D eigenvalue weighted by Crippen LogP contribution is 2.43. The lowest BCUT2D eigenvalue weighted by molar-refractivity contribution is -0.117. The highest BCUT2D eigenvalue weighted by molar-refractivity contribution is 7.14. The first-order valence-electron chi connectivity index (χ1n) is 8.90. The van der Waals surface area contributed by atoms with Crippen molar-refractivity contribution in [1.82, 2.24) is 9.97 Å². The van der Waals surface area contributed by atoms with Crippen molar-refractivity contribution in [2.45, 2.75) is 19.9 Å². The van der Waals surface area contributed by atoms with E-state index < -0.39 is 35.1 Å². The van der Waals surface area contributed by atoms with E-state index in [0.29, 0.717) is 22.3 Å². The smallest absolute Gasteiger partial charge is 0.294 e. The lowest BCUT2D eigenvalue weighted by atomic mass is 9.95. The normalized spacial score (nSPS) is 16.5. The van der Waals surface area contributed by atoms with Crippen molar-refractivity contribution >= 4 is 28.7 Å². The van der Waals surface area contributed by atoms with Gasteiger partial charge in [0.15, 0.2) is 5.76 Å². The van der Waals surface area contributed by atoms with Gasteiger partial charge in [-0.05, 0) is 43.7 Å². The van der Waals surface area contributed by atoms with E-state index in [0.717, 1.165) is 28.4 Å². The third-order valence-corrected chi connectivity index (χ3v) is 5.83. The molecule has 152 valence electrons. The van der Waals surface area contributed by atoms with E-state index in [9.17, 15) is 23.5 Å². The average molecular weight is 427 g/mol. The van der Waals surface area contributed by atoms with Crippen LogP contribution in [0, 0.1) is 25.5 Å². The van der Waals surface area contributed by atoms with Crippen LogP contribution < -0.4 is 4.90 Å². The SMILES string of the molecule is Cc1nc(C)c(C(=O)C2=C(O)C(=O)N(c3ccc(F)cc3F)C2c2ccncc2)s1. The zero-order valence-electron chi connectivity index (χ0n) is 15.9. The summed E-state index contributed by atoms with van der Waals surface area (Å²) >= 11 is 1.14. The van der Waals surface area contributed by atoms with Crippen LogP contribution in [0.5, 0.6) is 0 Å². The van der Waals surface area contributed by atoms with Gasteiger partial charge in [0, 0.05) is 18.5 Å². The molecule has 0 bridgehead atoms. The molecule has 0 saturated heterocycles. The lowest BCUT2D eigenvalue weighted by Gasteiger charge is -2.27. The van der Waals surface area contributed by atoms with Crippen LogP contribution in [0.4, 0.5) is 14.5 Å². The number of Topliss-reactive ketones (excluding diaryl/α,β-unsaturated/α-hetero) is 1. The molecule has 9 heteroatoms. The van der Waals surface area contributed by atoms with Gasteiger partial charge in [0.25, 0.3) is 5.91 Å². The van der Waals surface area contributed by atoms with Crippen molar-refractivity contribution in [3.8, 4) is 0 Å². The van der Waals surface area contributed by atoms with Crippen LogP contribution in [0.3, 0.4) is 0 Å². The Hall–Kier alpha value is -3.46. The largest absolute Gasteiger partial charge is 0.503 e. The molecule has 4 rings (SSSR count). The van der Waals surface area contributed by atoms with Crippen LogP contribution in [0.15, 0.2) is 54.1 Å². The molecular weight excluding hydrogens is 412 g/mol. The zero-order chi connectivity index (χ0) is 21.6. The Bertz CT molecular complexity index is 1210. The number of aryl methyl sites for hydroxylation is 2. The van der Waals surface area contributed by atoms with Crippen molar-refractivity contribution in [2.24, 2.45) is 0 Å². The highest BCUT2D eigenvalue weighted by atomic mass is 32.1. The first-order valence-corrected chi connectivity index (χ1v) is 9.71. The van der Waals surface area contributed by atoms with Crippen LogP contribution >= 0.6 is 11.3 Å². The Labute approximate surface area is 174 Å². The molecule has 2 aromatic heterocycles. The summed E-state index contributed by atoms with van der Waals surface area (Å²) in [5, 5.41) is 11.3. The maximum absolute atomic E-state index is 14.6. The molecule has 30 heavy (non-hydrogen) atoms. The van der Waals surface area contributed by atoms with Gasteiger partial charge in [-0.25, -0.2) is 13.8 Å². The minimum Gasteiger partial charge on any atom is -0.503 e. The van der Waals surface area contributed by atoms with Crippen LogP contribution in [0.25, 0.3) is 0 Å². The third-order valence-electron chi connectivity index (χ3n) is 4.75. The monoisotopic (exact) mass is 427 g/mol. The van der Waals surface area contributed by atoms with Crippen LogP contribution in [-0.2, 0) is 4.79 Å². The molecule has 1 aliphatic rings. The summed E-state index contributed by atoms with van der Waals surface area (Å²) < 4.78 is 28.0. The van der Waals surface area contributed by atoms with Crippen molar-refractivity contribution < 1.29 is 23.5 Å². The summed E-state index contributed by atoms with van der Waals surface area (Å²) in [4.78, 5) is 35.7. The van der Waals surface area contributed by atoms with Gasteiger partial charge in [0.1, 0.15) is 11.6 Å². The molecule has 3 aromatic rings. The first kappa shape index (κ1) is 19.8. The van der Waals surface area contributed by atoms with E-state index in [1.807, 2.05) is 0 Å². The van der Waals surface area contributed by atoms with Crippen molar-refractivity contribution in [3.05, 3.63) is 86.8 Å². The number of aromatic nitrogens is 2. The molecule has 6 nitrogen and oxygen atoms in total. The number of benzene rings is 1. The van der Waals surface area contributed by atoms with Gasteiger partial charge < -0.3 is 5.11 Å². The topological polar surface area (TPSA) is 83.4 Å². The molecule has 1 atom stereocenters. The van der Waals surface area contributed by atoms with E-state index in [1.54, 1.807) is 26.0 Å². The van der Waals surface area contributed by atoms with Crippen molar-refractivity contribution in [3.63, 3.8) is 0 Å². The van der Waals surface area contributed by atoms with Gasteiger partial charge in [-0.3, -0.25) is 19.5 Å². The second kappa shape index (κ2) is 7.42. The molecule has 0 saturated carbocycles. The maximum atomic E-state index is 14.6. The number of nitrogens with zero attached hydrogens (tertiary/aromatic N) is 3. The second-order valence-electron chi connectivity index (χ2n) is 6.69. The summed E-state index contributed by atoms with van der Waals surface area (Å²) in [5.74, 6) is -4.11. The van der Waals surface area contributed by atoms with Gasteiger partial charge in [-0.2, -0.15) is 0 Å². The number of carbonyl (C=O) groups is 2. The Kier molecular flexibility index (Phi) is 4.90. The molecule has 1 unspecified atom stereocenters. The zero-order valence-corrected chi connectivity index (χ0v) is 16.7. The van der Waals surface area contributed by atoms with Gasteiger partial charge in [0.05, 0.1) is 32.9 Å². The summed E-state index contributed by atoms with van der Waals surface area (Å²) in [7, 11) is 0. The summed E-state index contributed by atoms with van der Waals surface area (Å²) in [6, 6.07) is 4.74. The number of ketones is 1. The first-order chi connectivity index (χ1) is 14.3. The fourth-order valence-corrected chi connectivity index (χ4v) is 4.36. The quantitative estimate of drug-likeness (QED) is 0.631. The van der Waals surface area contributed by atoms with Gasteiger partial charge in [-0.1, -0.05) is 0 Å². The molecular formula is C21H15F2N3O3S. The minimum atomic E-state index is -1.12. The number of amides is 1. The summed E-state index contributed by atoms with van der Waals surface area (Å²) in [5.41, 5.74) is 0.458. The third kappa shape index (κ3) is 3.17. The van der Waals surface area contributed by atoms with Crippen LogP contribution in [0.2, 0.25) is 0 Å². The average Bonchev–Trinajstić information content (AvgIpc) is 3.18.